The van der Waals surface area contributed by atoms with Crippen molar-refractivity contribution < 1.29 is 9.66 Å². The molecule has 0 atom stereocenters. The van der Waals surface area contributed by atoms with Gasteiger partial charge in [-0.25, -0.2) is 0 Å². The van der Waals surface area contributed by atoms with E-state index < -0.39 is 4.92 Å². The molecule has 0 aliphatic carbocycles. The van der Waals surface area contributed by atoms with Crippen LogP contribution in [0.4, 0.5) is 11.4 Å². The summed E-state index contributed by atoms with van der Waals surface area (Å²) in [7, 11) is 0. The van der Waals surface area contributed by atoms with Gasteiger partial charge >= 0.3 is 0 Å². The molecule has 0 spiro atoms. The van der Waals surface area contributed by atoms with E-state index in [0.717, 1.165) is 13.0 Å². The number of nitro groups is 1. The van der Waals surface area contributed by atoms with Crippen LogP contribution >= 0.6 is 0 Å². The van der Waals surface area contributed by atoms with Gasteiger partial charge in [-0.2, -0.15) is 5.26 Å². The third-order valence-corrected chi connectivity index (χ3v) is 2.73. The predicted octanol–water partition coefficient (Wildman–Crippen LogP) is 2.94. The zero-order valence-electron chi connectivity index (χ0n) is 11.8. The Balaban J connectivity index is 2.42. The molecule has 0 fully saturated rings. The van der Waals surface area contributed by atoms with Crippen molar-refractivity contribution >= 4 is 11.4 Å². The van der Waals surface area contributed by atoms with Crippen molar-refractivity contribution in [3.8, 4) is 6.07 Å². The highest BCUT2D eigenvalue weighted by Gasteiger charge is 2.13. The number of hydrogen-bond acceptors (Lipinski definition) is 5. The molecule has 1 aromatic carbocycles. The summed E-state index contributed by atoms with van der Waals surface area (Å²) in [6, 6.07) is 6.23. The quantitative estimate of drug-likeness (QED) is 0.448. The van der Waals surface area contributed by atoms with Crippen LogP contribution < -0.4 is 5.32 Å². The number of anilines is 1. The number of nitrogens with one attached hydrogen (secondary N) is 1. The summed E-state index contributed by atoms with van der Waals surface area (Å²) >= 11 is 0. The lowest BCUT2D eigenvalue weighted by atomic mass is 10.1. The fourth-order valence-electron chi connectivity index (χ4n) is 1.58. The molecular weight excluding hydrogens is 258 g/mol. The first-order valence-electron chi connectivity index (χ1n) is 6.54. The van der Waals surface area contributed by atoms with E-state index in [1.807, 2.05) is 6.07 Å². The monoisotopic (exact) mass is 277 g/mol. The normalized spacial score (nSPS) is 10.3. The van der Waals surface area contributed by atoms with E-state index in [9.17, 15) is 10.1 Å². The molecule has 6 nitrogen and oxygen atoms in total. The van der Waals surface area contributed by atoms with E-state index in [1.54, 1.807) is 6.07 Å². The smallest absolute Gasteiger partial charge is 0.287 e. The van der Waals surface area contributed by atoms with Crippen LogP contribution in [-0.2, 0) is 4.74 Å². The fourth-order valence-corrected chi connectivity index (χ4v) is 1.58. The van der Waals surface area contributed by atoms with Gasteiger partial charge in [-0.05, 0) is 24.5 Å². The maximum absolute atomic E-state index is 10.7. The number of benzene rings is 1. The van der Waals surface area contributed by atoms with Gasteiger partial charge in [0.05, 0.1) is 11.5 Å². The lowest BCUT2D eigenvalue weighted by Crippen LogP contribution is -2.11. The van der Waals surface area contributed by atoms with E-state index >= 15 is 0 Å². The van der Waals surface area contributed by atoms with Crippen LogP contribution in [0.5, 0.6) is 0 Å². The summed E-state index contributed by atoms with van der Waals surface area (Å²) in [6.45, 7) is 6.17. The van der Waals surface area contributed by atoms with E-state index in [-0.39, 0.29) is 11.3 Å². The van der Waals surface area contributed by atoms with Gasteiger partial charge in [0.2, 0.25) is 0 Å². The Bertz CT molecular complexity index is 495. The lowest BCUT2D eigenvalue weighted by Gasteiger charge is -2.08. The summed E-state index contributed by atoms with van der Waals surface area (Å²) in [5.41, 5.74) is 0.562. The minimum absolute atomic E-state index is 0.0562. The second kappa shape index (κ2) is 8.12. The van der Waals surface area contributed by atoms with Crippen LogP contribution in [0.1, 0.15) is 25.8 Å². The van der Waals surface area contributed by atoms with Crippen LogP contribution in [0.2, 0.25) is 0 Å². The highest BCUT2D eigenvalue weighted by atomic mass is 16.6. The maximum atomic E-state index is 10.7. The van der Waals surface area contributed by atoms with Gasteiger partial charge < -0.3 is 10.1 Å². The molecule has 0 bridgehead atoms. The Hall–Kier alpha value is -2.13. The van der Waals surface area contributed by atoms with Crippen molar-refractivity contribution in [3.63, 3.8) is 0 Å². The van der Waals surface area contributed by atoms with Gasteiger partial charge in [0.15, 0.2) is 0 Å². The van der Waals surface area contributed by atoms with Crippen molar-refractivity contribution in [1.82, 2.24) is 0 Å². The Kier molecular flexibility index (Phi) is 6.47. The number of hydrogen-bond donors (Lipinski definition) is 1. The molecule has 20 heavy (non-hydrogen) atoms. The first-order chi connectivity index (χ1) is 9.54. The first-order valence-corrected chi connectivity index (χ1v) is 6.54. The van der Waals surface area contributed by atoms with Gasteiger partial charge in [0.1, 0.15) is 11.6 Å². The largest absolute Gasteiger partial charge is 0.383 e. The van der Waals surface area contributed by atoms with Crippen molar-refractivity contribution in [3.05, 3.63) is 33.9 Å². The summed E-state index contributed by atoms with van der Waals surface area (Å²) in [6.07, 6.45) is 1.02. The summed E-state index contributed by atoms with van der Waals surface area (Å²) in [4.78, 5) is 10.1. The third kappa shape index (κ3) is 5.24. The van der Waals surface area contributed by atoms with Crippen LogP contribution in [0.3, 0.4) is 0 Å². The van der Waals surface area contributed by atoms with E-state index in [2.05, 4.69) is 19.2 Å². The summed E-state index contributed by atoms with van der Waals surface area (Å²) in [5.74, 6) is 0.621. The molecule has 0 heterocycles. The minimum atomic E-state index is -0.558. The molecule has 0 aliphatic heterocycles. The lowest BCUT2D eigenvalue weighted by molar-refractivity contribution is -0.385. The van der Waals surface area contributed by atoms with Gasteiger partial charge in [0, 0.05) is 24.9 Å². The van der Waals surface area contributed by atoms with Crippen LogP contribution in [-0.4, -0.2) is 24.7 Å². The standard InChI is InChI=1S/C14H19N3O3/c1-11(2)5-7-20-8-6-16-13-3-4-14(17(18)19)12(9-13)10-15/h3-4,9,11,16H,5-8H2,1-2H3. The molecule has 1 rings (SSSR count). The molecule has 1 N–H and O–H groups in total. The Morgan fingerprint density at radius 1 is 1.45 bits per heavy atom. The van der Waals surface area contributed by atoms with Crippen molar-refractivity contribution in [2.45, 2.75) is 20.3 Å². The molecule has 0 amide bonds. The van der Waals surface area contributed by atoms with E-state index in [0.29, 0.717) is 24.8 Å². The Morgan fingerprint density at radius 3 is 2.80 bits per heavy atom. The highest BCUT2D eigenvalue weighted by molar-refractivity contribution is 5.58. The second-order valence-corrected chi connectivity index (χ2v) is 4.82. The number of rotatable bonds is 8. The van der Waals surface area contributed by atoms with Crippen molar-refractivity contribution in [2.75, 3.05) is 25.1 Å². The van der Waals surface area contributed by atoms with Crippen LogP contribution in [0, 0.1) is 27.4 Å². The molecule has 6 heteroatoms. The maximum Gasteiger partial charge on any atom is 0.287 e. The SMILES string of the molecule is CC(C)CCOCCNc1ccc([N+](=O)[O-])c(C#N)c1. The second-order valence-electron chi connectivity index (χ2n) is 4.82. The number of nitro benzene ring substituents is 1. The predicted molar refractivity (Wildman–Crippen MR) is 76.6 cm³/mol. The molecule has 0 aromatic heterocycles. The van der Waals surface area contributed by atoms with Gasteiger partial charge in [-0.3, -0.25) is 10.1 Å². The van der Waals surface area contributed by atoms with Gasteiger partial charge in [0.25, 0.3) is 5.69 Å². The van der Waals surface area contributed by atoms with E-state index in [1.165, 1.54) is 12.1 Å². The zero-order valence-corrected chi connectivity index (χ0v) is 11.8. The zero-order chi connectivity index (χ0) is 15.0. The number of nitriles is 1. The Morgan fingerprint density at radius 2 is 2.20 bits per heavy atom. The van der Waals surface area contributed by atoms with Crippen LogP contribution in [0.25, 0.3) is 0 Å². The number of nitrogens with zero attached hydrogens (tertiary/aromatic N) is 2. The summed E-state index contributed by atoms with van der Waals surface area (Å²) in [5, 5.41) is 22.6. The highest BCUT2D eigenvalue weighted by Crippen LogP contribution is 2.21. The molecule has 0 aliphatic rings. The average molecular weight is 277 g/mol. The third-order valence-electron chi connectivity index (χ3n) is 2.73. The first kappa shape index (κ1) is 15.9. The molecule has 0 radical (unpaired) electrons. The average Bonchev–Trinajstić information content (AvgIpc) is 2.41. The van der Waals surface area contributed by atoms with Gasteiger partial charge in [-0.15, -0.1) is 0 Å². The van der Waals surface area contributed by atoms with Gasteiger partial charge in [-0.1, -0.05) is 13.8 Å². The molecule has 1 aromatic rings. The molecule has 108 valence electrons. The number of ether oxygens (including phenoxy) is 1. The molecule has 0 saturated heterocycles. The van der Waals surface area contributed by atoms with Crippen molar-refractivity contribution in [1.29, 1.82) is 5.26 Å². The molecule has 0 saturated carbocycles. The molecular formula is C14H19N3O3. The summed E-state index contributed by atoms with van der Waals surface area (Å²) < 4.78 is 5.45. The minimum Gasteiger partial charge on any atom is -0.383 e. The Labute approximate surface area is 118 Å². The fraction of sp³-hybridized carbons (Fsp3) is 0.500. The topological polar surface area (TPSA) is 88.2 Å². The van der Waals surface area contributed by atoms with Crippen LogP contribution in [0.15, 0.2) is 18.2 Å². The molecule has 0 unspecified atom stereocenters. The van der Waals surface area contributed by atoms with Crippen molar-refractivity contribution in [2.24, 2.45) is 5.92 Å². The van der Waals surface area contributed by atoms with E-state index in [4.69, 9.17) is 10.00 Å².